The summed E-state index contributed by atoms with van der Waals surface area (Å²) in [6.07, 6.45) is -7.38. The van der Waals surface area contributed by atoms with Gasteiger partial charge in [0.15, 0.2) is 0 Å². The van der Waals surface area contributed by atoms with E-state index >= 15 is 0 Å². The average Bonchev–Trinajstić information content (AvgIpc) is 2.97. The molecule has 1 aromatic rings. The number of alkyl halides is 3. The van der Waals surface area contributed by atoms with E-state index < -0.39 is 65.4 Å². The number of phosphoric acid groups is 3. The lowest BCUT2D eigenvalue weighted by atomic mass is 10.2. The highest BCUT2D eigenvalue weighted by Crippen LogP contribution is 2.66. The van der Waals surface area contributed by atoms with Gasteiger partial charge in [-0.15, -0.1) is 0 Å². The molecule has 0 aliphatic carbocycles. The number of nitrogens with zero attached hydrogens (tertiary/aromatic N) is 1. The fourth-order valence-corrected chi connectivity index (χ4v) is 5.44. The van der Waals surface area contributed by atoms with Gasteiger partial charge in [0.1, 0.15) is 11.8 Å². The van der Waals surface area contributed by atoms with Crippen molar-refractivity contribution in [3.05, 3.63) is 32.6 Å². The van der Waals surface area contributed by atoms with E-state index in [4.69, 9.17) is 19.4 Å². The minimum Gasteiger partial charge on any atom is -0.352 e. The molecular weight excluding hydrogens is 506 g/mol. The van der Waals surface area contributed by atoms with Crippen LogP contribution >= 0.6 is 23.5 Å². The third-order valence-corrected chi connectivity index (χ3v) is 7.31. The molecule has 0 aromatic carbocycles. The number of hydrogen-bond donors (Lipinski definition) is 5. The molecule has 178 valence electrons. The second-order valence-electron chi connectivity index (χ2n) is 5.88. The van der Waals surface area contributed by atoms with Gasteiger partial charge < -0.3 is 24.3 Å². The van der Waals surface area contributed by atoms with Crippen LogP contribution in [0.4, 0.5) is 13.2 Å². The zero-order chi connectivity index (χ0) is 23.8. The van der Waals surface area contributed by atoms with Crippen LogP contribution in [-0.2, 0) is 37.8 Å². The van der Waals surface area contributed by atoms with E-state index in [1.165, 1.54) is 4.98 Å². The maximum Gasteiger partial charge on any atom is 0.490 e. The predicted molar refractivity (Wildman–Crippen MR) is 89.3 cm³/mol. The van der Waals surface area contributed by atoms with Crippen molar-refractivity contribution in [2.24, 2.45) is 0 Å². The van der Waals surface area contributed by atoms with E-state index in [0.29, 0.717) is 4.57 Å². The summed E-state index contributed by atoms with van der Waals surface area (Å²) in [6, 6.07) is 0. The van der Waals surface area contributed by atoms with Crippen LogP contribution in [0.15, 0.2) is 15.8 Å². The van der Waals surface area contributed by atoms with E-state index in [1.54, 1.807) is 0 Å². The summed E-state index contributed by atoms with van der Waals surface area (Å²) in [7, 11) is -16.7. The normalized spacial score (nSPS) is 24.0. The van der Waals surface area contributed by atoms with Crippen molar-refractivity contribution in [1.29, 1.82) is 0 Å². The van der Waals surface area contributed by atoms with E-state index in [0.717, 1.165) is 0 Å². The number of hydrogen-bond acceptors (Lipinski definition) is 9. The number of ether oxygens (including phenoxy) is 1. The maximum absolute atomic E-state index is 12.8. The third kappa shape index (κ3) is 7.73. The first-order valence-corrected chi connectivity index (χ1v) is 12.3. The average molecular weight is 520 g/mol. The molecule has 0 saturated carbocycles. The lowest BCUT2D eigenvalue weighted by Gasteiger charge is -2.19. The second-order valence-corrected chi connectivity index (χ2v) is 10.3. The first-order valence-electron chi connectivity index (χ1n) is 7.75. The Morgan fingerprint density at radius 2 is 1.71 bits per heavy atom. The van der Waals surface area contributed by atoms with Gasteiger partial charge in [-0.25, -0.2) is 18.5 Å². The van der Waals surface area contributed by atoms with E-state index in [1.807, 2.05) is 0 Å². The minimum atomic E-state index is -5.72. The van der Waals surface area contributed by atoms with Gasteiger partial charge in [0.25, 0.3) is 5.56 Å². The first kappa shape index (κ1) is 26.1. The zero-order valence-corrected chi connectivity index (χ0v) is 17.4. The summed E-state index contributed by atoms with van der Waals surface area (Å²) in [5.74, 6) is 0. The molecule has 1 aliphatic rings. The second kappa shape index (κ2) is 9.00. The SMILES string of the molecule is O=c1[nH]c(=O)n([C@H]2CC[C@@H](COP(=O)(O)OP(=O)(O)OP(=O)(O)O)O2)cc1C(F)(F)F. The van der Waals surface area contributed by atoms with Crippen molar-refractivity contribution >= 4 is 23.5 Å². The molecule has 0 radical (unpaired) electrons. The monoisotopic (exact) mass is 520 g/mol. The molecule has 1 aromatic heterocycles. The van der Waals surface area contributed by atoms with E-state index in [2.05, 4.69) is 13.1 Å². The molecule has 2 heterocycles. The number of aromatic amines is 1. The molecule has 1 fully saturated rings. The van der Waals surface area contributed by atoms with Crippen LogP contribution in [0.5, 0.6) is 0 Å². The van der Waals surface area contributed by atoms with E-state index in [-0.39, 0.29) is 19.0 Å². The molecule has 5 N–H and O–H groups in total. The number of halogens is 3. The summed E-state index contributed by atoms with van der Waals surface area (Å²) < 4.78 is 89.0. The summed E-state index contributed by atoms with van der Waals surface area (Å²) in [5.41, 5.74) is -4.53. The molecule has 0 spiro atoms. The van der Waals surface area contributed by atoms with Crippen LogP contribution in [0.1, 0.15) is 24.6 Å². The topological polar surface area (TPSA) is 224 Å². The molecule has 0 amide bonds. The number of H-pyrrole nitrogens is 1. The minimum absolute atomic E-state index is 0.0344. The Morgan fingerprint density at radius 1 is 1.10 bits per heavy atom. The van der Waals surface area contributed by atoms with Crippen molar-refractivity contribution < 1.29 is 64.3 Å². The van der Waals surface area contributed by atoms with Crippen LogP contribution < -0.4 is 11.2 Å². The highest BCUT2D eigenvalue weighted by atomic mass is 31.3. The molecule has 2 rings (SSSR count). The summed E-state index contributed by atoms with van der Waals surface area (Å²) >= 11 is 0. The highest BCUT2D eigenvalue weighted by Gasteiger charge is 2.42. The van der Waals surface area contributed by atoms with Crippen molar-refractivity contribution in [3.8, 4) is 0 Å². The molecule has 15 nitrogen and oxygen atoms in total. The fraction of sp³-hybridized carbons (Fsp3) is 0.600. The number of rotatable bonds is 8. The predicted octanol–water partition coefficient (Wildman–Crippen LogP) is 0.576. The zero-order valence-electron chi connectivity index (χ0n) is 14.7. The van der Waals surface area contributed by atoms with Gasteiger partial charge in [-0.2, -0.15) is 21.8 Å². The Hall–Kier alpha value is -1.16. The van der Waals surface area contributed by atoms with Crippen LogP contribution in [0.3, 0.4) is 0 Å². The van der Waals surface area contributed by atoms with Crippen molar-refractivity contribution in [3.63, 3.8) is 0 Å². The Morgan fingerprint density at radius 3 is 2.26 bits per heavy atom. The van der Waals surface area contributed by atoms with E-state index in [9.17, 15) is 41.3 Å². The Kier molecular flexibility index (Phi) is 7.57. The van der Waals surface area contributed by atoms with Crippen molar-refractivity contribution in [1.82, 2.24) is 9.55 Å². The van der Waals surface area contributed by atoms with Gasteiger partial charge in [-0.1, -0.05) is 0 Å². The van der Waals surface area contributed by atoms with Gasteiger partial charge in [0.05, 0.1) is 12.7 Å². The van der Waals surface area contributed by atoms with Crippen LogP contribution in [0.2, 0.25) is 0 Å². The fourth-order valence-electron chi connectivity index (χ4n) is 2.40. The lowest BCUT2D eigenvalue weighted by molar-refractivity contribution is -0.139. The lowest BCUT2D eigenvalue weighted by Crippen LogP contribution is -2.36. The highest BCUT2D eigenvalue weighted by molar-refractivity contribution is 7.66. The molecule has 1 saturated heterocycles. The maximum atomic E-state index is 12.8. The molecule has 1 aliphatic heterocycles. The van der Waals surface area contributed by atoms with Gasteiger partial charge in [0.2, 0.25) is 0 Å². The quantitative estimate of drug-likeness (QED) is 0.296. The smallest absolute Gasteiger partial charge is 0.352 e. The third-order valence-electron chi connectivity index (χ3n) is 3.51. The molecule has 4 atom stereocenters. The number of aromatic nitrogens is 2. The summed E-state index contributed by atoms with van der Waals surface area (Å²) in [4.78, 5) is 59.8. The summed E-state index contributed by atoms with van der Waals surface area (Å²) in [6.45, 7) is -0.843. The van der Waals surface area contributed by atoms with Crippen molar-refractivity contribution in [2.45, 2.75) is 31.3 Å². The largest absolute Gasteiger partial charge is 0.490 e. The molecule has 2 unspecified atom stereocenters. The number of phosphoric ester groups is 1. The Labute approximate surface area is 168 Å². The van der Waals surface area contributed by atoms with Crippen LogP contribution in [0, 0.1) is 0 Å². The van der Waals surface area contributed by atoms with Crippen LogP contribution in [-0.4, -0.2) is 41.8 Å². The van der Waals surface area contributed by atoms with Gasteiger partial charge in [-0.05, 0) is 12.8 Å². The van der Waals surface area contributed by atoms with Gasteiger partial charge in [0, 0.05) is 6.20 Å². The first-order chi connectivity index (χ1) is 13.9. The van der Waals surface area contributed by atoms with Gasteiger partial charge >= 0.3 is 35.3 Å². The molecule has 0 bridgehead atoms. The molecule has 31 heavy (non-hydrogen) atoms. The standard InChI is InChI=1S/C10H14F3N2O13P3/c11-10(12,13)6-3-15(9(17)14-8(6)16)7-2-1-5(26-7)4-25-30(21,22)28-31(23,24)27-29(18,19)20/h3,5,7H,1-2,4H2,(H,21,22)(H,23,24)(H,14,16,17)(H2,18,19,20)/t5-,7+/m0/s1. The summed E-state index contributed by atoms with van der Waals surface area (Å²) in [5, 5.41) is 0. The van der Waals surface area contributed by atoms with Crippen LogP contribution in [0.25, 0.3) is 0 Å². The molecular formula is C10H14F3N2O13P3. The van der Waals surface area contributed by atoms with Gasteiger partial charge in [-0.3, -0.25) is 18.9 Å². The Balaban J connectivity index is 2.04. The van der Waals surface area contributed by atoms with Crippen molar-refractivity contribution in [2.75, 3.05) is 6.61 Å². The Bertz CT molecular complexity index is 1080. The number of nitrogens with one attached hydrogen (secondary N) is 1. The molecule has 21 heteroatoms.